The predicted molar refractivity (Wildman–Crippen MR) is 90.4 cm³/mol. The number of nitrogens with zero attached hydrogens (tertiary/aromatic N) is 3. The molecule has 1 amide bonds. The predicted octanol–water partition coefficient (Wildman–Crippen LogP) is 3.55. The van der Waals surface area contributed by atoms with Crippen LogP contribution in [0.15, 0.2) is 42.1 Å². The second-order valence-corrected chi connectivity index (χ2v) is 6.37. The molecule has 0 fully saturated rings. The minimum Gasteiger partial charge on any atom is -0.324 e. The van der Waals surface area contributed by atoms with Gasteiger partial charge in [0.25, 0.3) is 0 Å². The van der Waals surface area contributed by atoms with E-state index in [0.29, 0.717) is 22.4 Å². The summed E-state index contributed by atoms with van der Waals surface area (Å²) in [5, 5.41) is 11.8. The van der Waals surface area contributed by atoms with E-state index in [-0.39, 0.29) is 11.2 Å². The summed E-state index contributed by atoms with van der Waals surface area (Å²) >= 11 is 7.39. The van der Waals surface area contributed by atoms with Gasteiger partial charge in [0.1, 0.15) is 5.82 Å². The normalized spacial score (nSPS) is 12.0. The van der Waals surface area contributed by atoms with Crippen LogP contribution in [0.4, 0.5) is 5.69 Å². The summed E-state index contributed by atoms with van der Waals surface area (Å²) in [6.45, 7) is 8.02. The van der Waals surface area contributed by atoms with Crippen molar-refractivity contribution in [1.82, 2.24) is 14.8 Å². The van der Waals surface area contributed by atoms with E-state index in [1.165, 1.54) is 11.8 Å². The Balaban J connectivity index is 2.06. The lowest BCUT2D eigenvalue weighted by atomic mass is 10.3. The smallest absolute Gasteiger partial charge is 0.237 e. The summed E-state index contributed by atoms with van der Waals surface area (Å²) in [7, 11) is 0. The average Bonchev–Trinajstić information content (AvgIpc) is 2.83. The third-order valence-electron chi connectivity index (χ3n) is 3.00. The number of anilines is 1. The quantitative estimate of drug-likeness (QED) is 0.647. The second-order valence-electron chi connectivity index (χ2n) is 4.66. The Hall–Kier alpha value is -1.79. The van der Waals surface area contributed by atoms with Crippen molar-refractivity contribution < 1.29 is 4.79 Å². The van der Waals surface area contributed by atoms with E-state index >= 15 is 0 Å². The van der Waals surface area contributed by atoms with Gasteiger partial charge in [0, 0.05) is 6.54 Å². The molecular formula is C15H17ClN4OS. The van der Waals surface area contributed by atoms with Crippen molar-refractivity contribution in [2.45, 2.75) is 30.8 Å². The Morgan fingerprint density at radius 3 is 2.91 bits per heavy atom. The van der Waals surface area contributed by atoms with Crippen LogP contribution in [0.3, 0.4) is 0 Å². The fourth-order valence-electron chi connectivity index (χ4n) is 1.80. The lowest BCUT2D eigenvalue weighted by Gasteiger charge is -2.13. The summed E-state index contributed by atoms with van der Waals surface area (Å²) in [4.78, 5) is 12.3. The number of carbonyl (C=O) groups excluding carboxylic acids is 1. The molecule has 0 aliphatic carbocycles. The molecule has 1 aromatic carbocycles. The minimum absolute atomic E-state index is 0.135. The van der Waals surface area contributed by atoms with E-state index in [1.54, 1.807) is 18.2 Å². The van der Waals surface area contributed by atoms with Gasteiger partial charge in [0.2, 0.25) is 5.91 Å². The van der Waals surface area contributed by atoms with Crippen molar-refractivity contribution in [2.75, 3.05) is 5.32 Å². The third-order valence-corrected chi connectivity index (χ3v) is 4.41. The molecule has 2 rings (SSSR count). The first-order valence-electron chi connectivity index (χ1n) is 6.75. The number of thioether (sulfide) groups is 1. The van der Waals surface area contributed by atoms with E-state index in [9.17, 15) is 4.79 Å². The van der Waals surface area contributed by atoms with Crippen molar-refractivity contribution in [2.24, 2.45) is 0 Å². The van der Waals surface area contributed by atoms with E-state index in [4.69, 9.17) is 11.6 Å². The van der Waals surface area contributed by atoms with Crippen LogP contribution in [0.2, 0.25) is 5.02 Å². The summed E-state index contributed by atoms with van der Waals surface area (Å²) in [6.07, 6.45) is 1.77. The number of amides is 1. The number of rotatable bonds is 6. The van der Waals surface area contributed by atoms with Crippen molar-refractivity contribution in [3.05, 3.63) is 47.8 Å². The fourth-order valence-corrected chi connectivity index (χ4v) is 2.88. The molecule has 1 heterocycles. The van der Waals surface area contributed by atoms with E-state index < -0.39 is 0 Å². The molecule has 0 aliphatic heterocycles. The van der Waals surface area contributed by atoms with Gasteiger partial charge in [-0.1, -0.05) is 41.6 Å². The van der Waals surface area contributed by atoms with Gasteiger partial charge < -0.3 is 9.88 Å². The molecule has 0 radical (unpaired) electrons. The summed E-state index contributed by atoms with van der Waals surface area (Å²) in [6, 6.07) is 7.14. The lowest BCUT2D eigenvalue weighted by molar-refractivity contribution is -0.115. The number of benzene rings is 1. The van der Waals surface area contributed by atoms with Gasteiger partial charge in [-0.15, -0.1) is 16.8 Å². The van der Waals surface area contributed by atoms with Crippen LogP contribution in [0.1, 0.15) is 12.7 Å². The van der Waals surface area contributed by atoms with Crippen molar-refractivity contribution in [3.63, 3.8) is 0 Å². The van der Waals surface area contributed by atoms with Crippen molar-refractivity contribution >= 4 is 35.0 Å². The highest BCUT2D eigenvalue weighted by molar-refractivity contribution is 8.00. The summed E-state index contributed by atoms with van der Waals surface area (Å²) in [5.74, 6) is 0.657. The van der Waals surface area contributed by atoms with Crippen molar-refractivity contribution in [3.8, 4) is 0 Å². The zero-order valence-electron chi connectivity index (χ0n) is 12.4. The van der Waals surface area contributed by atoms with E-state index in [0.717, 1.165) is 5.82 Å². The van der Waals surface area contributed by atoms with Crippen molar-refractivity contribution in [1.29, 1.82) is 0 Å². The molecule has 0 unspecified atom stereocenters. The van der Waals surface area contributed by atoms with Gasteiger partial charge in [0.05, 0.1) is 16.0 Å². The number of aryl methyl sites for hydroxylation is 1. The van der Waals surface area contributed by atoms with Gasteiger partial charge >= 0.3 is 0 Å². The lowest BCUT2D eigenvalue weighted by Crippen LogP contribution is -2.23. The summed E-state index contributed by atoms with van der Waals surface area (Å²) < 4.78 is 1.91. The largest absolute Gasteiger partial charge is 0.324 e. The Kier molecular flexibility index (Phi) is 5.63. The van der Waals surface area contributed by atoms with Gasteiger partial charge in [-0.25, -0.2) is 0 Å². The van der Waals surface area contributed by atoms with Crippen LogP contribution in [0.25, 0.3) is 0 Å². The Labute approximate surface area is 138 Å². The first kappa shape index (κ1) is 16.6. The SMILES string of the molecule is C=CCn1c(C)nnc1S[C@H](C)C(=O)Nc1ccccc1Cl. The topological polar surface area (TPSA) is 59.8 Å². The second kappa shape index (κ2) is 7.47. The highest BCUT2D eigenvalue weighted by Gasteiger charge is 2.19. The number of carbonyl (C=O) groups is 1. The van der Waals surface area contributed by atoms with Crippen LogP contribution in [0, 0.1) is 6.92 Å². The minimum atomic E-state index is -0.330. The zero-order chi connectivity index (χ0) is 16.1. The monoisotopic (exact) mass is 336 g/mol. The molecule has 116 valence electrons. The van der Waals surface area contributed by atoms with Gasteiger partial charge in [-0.05, 0) is 26.0 Å². The number of para-hydroxylation sites is 1. The Morgan fingerprint density at radius 1 is 1.50 bits per heavy atom. The zero-order valence-corrected chi connectivity index (χ0v) is 14.0. The first-order chi connectivity index (χ1) is 10.5. The maximum absolute atomic E-state index is 12.3. The average molecular weight is 337 g/mol. The van der Waals surface area contributed by atoms with Gasteiger partial charge in [-0.3, -0.25) is 4.79 Å². The molecule has 0 spiro atoms. The molecule has 0 saturated heterocycles. The van der Waals surface area contributed by atoms with Gasteiger partial charge in [-0.2, -0.15) is 0 Å². The third kappa shape index (κ3) is 3.90. The molecule has 5 nitrogen and oxygen atoms in total. The van der Waals surface area contributed by atoms with Crippen LogP contribution < -0.4 is 5.32 Å². The maximum atomic E-state index is 12.3. The Morgan fingerprint density at radius 2 is 2.23 bits per heavy atom. The Bertz CT molecular complexity index is 686. The summed E-state index contributed by atoms with van der Waals surface area (Å²) in [5.41, 5.74) is 0.602. The fraction of sp³-hybridized carbons (Fsp3) is 0.267. The number of aromatic nitrogens is 3. The molecular weight excluding hydrogens is 320 g/mol. The molecule has 0 aliphatic rings. The molecule has 0 saturated carbocycles. The molecule has 7 heteroatoms. The molecule has 1 N–H and O–H groups in total. The number of allylic oxidation sites excluding steroid dienone is 1. The number of nitrogens with one attached hydrogen (secondary N) is 1. The molecule has 0 bridgehead atoms. The number of hydrogen-bond donors (Lipinski definition) is 1. The van der Waals surface area contributed by atoms with Crippen LogP contribution in [-0.4, -0.2) is 25.9 Å². The number of halogens is 1. The molecule has 1 aromatic heterocycles. The number of hydrogen-bond acceptors (Lipinski definition) is 4. The molecule has 1 atom stereocenters. The van der Waals surface area contributed by atoms with Crippen LogP contribution in [-0.2, 0) is 11.3 Å². The molecule has 2 aromatic rings. The van der Waals surface area contributed by atoms with E-state index in [2.05, 4.69) is 22.1 Å². The van der Waals surface area contributed by atoms with E-state index in [1.807, 2.05) is 30.5 Å². The highest BCUT2D eigenvalue weighted by atomic mass is 35.5. The highest BCUT2D eigenvalue weighted by Crippen LogP contribution is 2.25. The standard InChI is InChI=1S/C15H17ClN4OS/c1-4-9-20-11(3)18-19-15(20)22-10(2)14(21)17-13-8-6-5-7-12(13)16/h4-8,10H,1,9H2,2-3H3,(H,17,21)/t10-/m1/s1. The van der Waals surface area contributed by atoms with Crippen LogP contribution >= 0.6 is 23.4 Å². The molecule has 22 heavy (non-hydrogen) atoms. The van der Waals surface area contributed by atoms with Gasteiger partial charge in [0.15, 0.2) is 5.16 Å². The maximum Gasteiger partial charge on any atom is 0.237 e. The van der Waals surface area contributed by atoms with Crippen LogP contribution in [0.5, 0.6) is 0 Å². The first-order valence-corrected chi connectivity index (χ1v) is 8.01.